The second kappa shape index (κ2) is 6.84. The van der Waals surface area contributed by atoms with E-state index < -0.39 is 0 Å². The summed E-state index contributed by atoms with van der Waals surface area (Å²) in [5.41, 5.74) is 2.33. The lowest BCUT2D eigenvalue weighted by Gasteiger charge is -2.11. The maximum atomic E-state index is 12.7. The number of benzene rings is 3. The number of hydrogen-bond donors (Lipinski definition) is 1. The fourth-order valence-electron chi connectivity index (χ4n) is 3.19. The van der Waals surface area contributed by atoms with Crippen molar-refractivity contribution in [3.8, 4) is 0 Å². The Kier molecular flexibility index (Phi) is 4.23. The monoisotopic (exact) mass is 342 g/mol. The van der Waals surface area contributed by atoms with Gasteiger partial charge in [0.2, 0.25) is 0 Å². The quantitative estimate of drug-likeness (QED) is 0.576. The van der Waals surface area contributed by atoms with Gasteiger partial charge in [-0.05, 0) is 34.4 Å². The summed E-state index contributed by atoms with van der Waals surface area (Å²) in [5, 5.41) is 4.85. The molecule has 4 rings (SSSR count). The third-order valence-corrected chi connectivity index (χ3v) is 4.55. The van der Waals surface area contributed by atoms with E-state index in [0.717, 1.165) is 21.9 Å². The predicted octanol–water partition coefficient (Wildman–Crippen LogP) is 3.98. The summed E-state index contributed by atoms with van der Waals surface area (Å²) in [6.45, 7) is 0.363. The fourth-order valence-corrected chi connectivity index (χ4v) is 3.19. The van der Waals surface area contributed by atoms with Gasteiger partial charge in [0.1, 0.15) is 5.70 Å². The number of urea groups is 1. The van der Waals surface area contributed by atoms with Gasteiger partial charge in [-0.3, -0.25) is 9.69 Å². The molecule has 0 spiro atoms. The minimum Gasteiger partial charge on any atom is -0.303 e. The minimum atomic E-state index is -0.364. The number of nitrogens with zero attached hydrogens (tertiary/aromatic N) is 1. The SMILES string of the molecule is O=C1N/C(=C\c2cccc3ccccc23)C(=O)N1CCc1ccccc1. The molecule has 1 N–H and O–H groups in total. The summed E-state index contributed by atoms with van der Waals surface area (Å²) in [6, 6.07) is 23.4. The Morgan fingerprint density at radius 2 is 1.58 bits per heavy atom. The van der Waals surface area contributed by atoms with Gasteiger partial charge in [0.25, 0.3) is 5.91 Å². The van der Waals surface area contributed by atoms with Gasteiger partial charge in [0.15, 0.2) is 0 Å². The summed E-state index contributed by atoms with van der Waals surface area (Å²) >= 11 is 0. The van der Waals surface area contributed by atoms with Crippen LogP contribution in [0.3, 0.4) is 0 Å². The number of carbonyl (C=O) groups is 2. The number of carbonyl (C=O) groups excluding carboxylic acids is 2. The van der Waals surface area contributed by atoms with Gasteiger partial charge in [0, 0.05) is 6.54 Å². The molecular weight excluding hydrogens is 324 g/mol. The van der Waals surface area contributed by atoms with Gasteiger partial charge in [-0.1, -0.05) is 72.8 Å². The largest absolute Gasteiger partial charge is 0.329 e. The van der Waals surface area contributed by atoms with Crippen molar-refractivity contribution in [2.24, 2.45) is 0 Å². The van der Waals surface area contributed by atoms with Crippen LogP contribution in [0.4, 0.5) is 4.79 Å². The van der Waals surface area contributed by atoms with Crippen LogP contribution in [0.25, 0.3) is 16.8 Å². The lowest BCUT2D eigenvalue weighted by molar-refractivity contribution is -0.122. The van der Waals surface area contributed by atoms with E-state index >= 15 is 0 Å². The van der Waals surface area contributed by atoms with Gasteiger partial charge in [-0.2, -0.15) is 0 Å². The van der Waals surface area contributed by atoms with E-state index in [-0.39, 0.29) is 11.9 Å². The zero-order valence-electron chi connectivity index (χ0n) is 14.2. The Hall–Kier alpha value is -3.40. The first-order valence-corrected chi connectivity index (χ1v) is 8.58. The van der Waals surface area contributed by atoms with Crippen molar-refractivity contribution in [1.29, 1.82) is 0 Å². The van der Waals surface area contributed by atoms with Crippen LogP contribution in [-0.4, -0.2) is 23.4 Å². The first-order chi connectivity index (χ1) is 12.7. The van der Waals surface area contributed by atoms with Crippen molar-refractivity contribution in [3.63, 3.8) is 0 Å². The number of rotatable bonds is 4. The summed E-state index contributed by atoms with van der Waals surface area (Å²) in [5.74, 6) is -0.279. The molecule has 0 radical (unpaired) electrons. The maximum Gasteiger partial charge on any atom is 0.329 e. The molecule has 0 saturated carbocycles. The standard InChI is InChI=1S/C22H18N2O2/c25-21-20(15-18-11-6-10-17-9-4-5-12-19(17)18)23-22(26)24(21)14-13-16-7-2-1-3-8-16/h1-12,15H,13-14H2,(H,23,26)/b20-15-. The van der Waals surface area contributed by atoms with E-state index in [1.807, 2.05) is 72.8 Å². The summed E-state index contributed by atoms with van der Waals surface area (Å²) in [6.07, 6.45) is 2.40. The molecule has 4 heteroatoms. The first-order valence-electron chi connectivity index (χ1n) is 8.58. The normalized spacial score (nSPS) is 15.7. The maximum absolute atomic E-state index is 12.7. The molecule has 128 valence electrons. The molecule has 0 bridgehead atoms. The highest BCUT2D eigenvalue weighted by Crippen LogP contribution is 2.22. The number of nitrogens with one attached hydrogen (secondary N) is 1. The first kappa shape index (κ1) is 16.1. The van der Waals surface area contributed by atoms with Crippen LogP contribution in [0.2, 0.25) is 0 Å². The van der Waals surface area contributed by atoms with Gasteiger partial charge < -0.3 is 5.32 Å². The van der Waals surface area contributed by atoms with E-state index in [9.17, 15) is 9.59 Å². The topological polar surface area (TPSA) is 49.4 Å². The third kappa shape index (κ3) is 3.09. The lowest BCUT2D eigenvalue weighted by atomic mass is 10.0. The van der Waals surface area contributed by atoms with Crippen LogP contribution >= 0.6 is 0 Å². The third-order valence-electron chi connectivity index (χ3n) is 4.55. The zero-order valence-corrected chi connectivity index (χ0v) is 14.2. The van der Waals surface area contributed by atoms with Crippen molar-refractivity contribution in [3.05, 3.63) is 89.6 Å². The molecule has 1 fully saturated rings. The molecule has 3 amide bonds. The number of hydrogen-bond acceptors (Lipinski definition) is 2. The summed E-state index contributed by atoms with van der Waals surface area (Å²) in [4.78, 5) is 26.1. The fraction of sp³-hybridized carbons (Fsp3) is 0.0909. The molecule has 0 atom stereocenters. The average molecular weight is 342 g/mol. The molecule has 3 aromatic carbocycles. The smallest absolute Gasteiger partial charge is 0.303 e. The second-order valence-electron chi connectivity index (χ2n) is 6.25. The minimum absolute atomic E-state index is 0.279. The van der Waals surface area contributed by atoms with Crippen LogP contribution in [-0.2, 0) is 11.2 Å². The van der Waals surface area contributed by atoms with E-state index in [1.54, 1.807) is 6.08 Å². The van der Waals surface area contributed by atoms with Gasteiger partial charge in [-0.25, -0.2) is 4.79 Å². The Bertz CT molecular complexity index is 1000. The van der Waals surface area contributed by atoms with Crippen LogP contribution in [0.5, 0.6) is 0 Å². The summed E-state index contributed by atoms with van der Waals surface area (Å²) in [7, 11) is 0. The van der Waals surface area contributed by atoms with E-state index in [1.165, 1.54) is 4.90 Å². The second-order valence-corrected chi connectivity index (χ2v) is 6.25. The molecule has 0 unspecified atom stereocenters. The highest BCUT2D eigenvalue weighted by atomic mass is 16.2. The van der Waals surface area contributed by atoms with E-state index in [2.05, 4.69) is 5.32 Å². The Balaban J connectivity index is 1.57. The number of amides is 3. The molecule has 1 heterocycles. The Labute approximate surface area is 151 Å². The molecule has 0 aromatic heterocycles. The van der Waals surface area contributed by atoms with Crippen LogP contribution in [0.15, 0.2) is 78.5 Å². The molecule has 1 aliphatic rings. The highest BCUT2D eigenvalue weighted by Gasteiger charge is 2.33. The van der Waals surface area contributed by atoms with E-state index in [4.69, 9.17) is 0 Å². The lowest BCUT2D eigenvalue weighted by Crippen LogP contribution is -2.32. The molecule has 26 heavy (non-hydrogen) atoms. The summed E-state index contributed by atoms with van der Waals surface area (Å²) < 4.78 is 0. The molecular formula is C22H18N2O2. The van der Waals surface area contributed by atoms with Crippen molar-refractivity contribution < 1.29 is 9.59 Å². The molecule has 1 aliphatic heterocycles. The van der Waals surface area contributed by atoms with Crippen molar-refractivity contribution >= 4 is 28.8 Å². The van der Waals surface area contributed by atoms with Gasteiger partial charge in [-0.15, -0.1) is 0 Å². The average Bonchev–Trinajstić information content (AvgIpc) is 2.94. The molecule has 0 aliphatic carbocycles. The number of fused-ring (bicyclic) bond motifs is 1. The van der Waals surface area contributed by atoms with Gasteiger partial charge >= 0.3 is 6.03 Å². The Morgan fingerprint density at radius 3 is 2.42 bits per heavy atom. The van der Waals surface area contributed by atoms with Crippen LogP contribution in [0.1, 0.15) is 11.1 Å². The Morgan fingerprint density at radius 1 is 0.846 bits per heavy atom. The van der Waals surface area contributed by atoms with Crippen molar-refractivity contribution in [2.45, 2.75) is 6.42 Å². The van der Waals surface area contributed by atoms with Crippen molar-refractivity contribution in [2.75, 3.05) is 6.54 Å². The number of imide groups is 1. The zero-order chi connectivity index (χ0) is 17.9. The van der Waals surface area contributed by atoms with Crippen molar-refractivity contribution in [1.82, 2.24) is 10.2 Å². The van der Waals surface area contributed by atoms with Crippen LogP contribution in [0, 0.1) is 0 Å². The predicted molar refractivity (Wildman–Crippen MR) is 102 cm³/mol. The highest BCUT2D eigenvalue weighted by molar-refractivity contribution is 6.14. The molecule has 1 saturated heterocycles. The molecule has 3 aromatic rings. The molecule has 4 nitrogen and oxygen atoms in total. The van der Waals surface area contributed by atoms with Crippen LogP contribution < -0.4 is 5.32 Å². The van der Waals surface area contributed by atoms with Gasteiger partial charge in [0.05, 0.1) is 0 Å². The van der Waals surface area contributed by atoms with E-state index in [0.29, 0.717) is 18.7 Å².